The van der Waals surface area contributed by atoms with Gasteiger partial charge < -0.3 is 10.5 Å². The van der Waals surface area contributed by atoms with E-state index in [1.165, 1.54) is 0 Å². The molecule has 2 N–H and O–H groups in total. The average molecular weight is 279 g/mol. The summed E-state index contributed by atoms with van der Waals surface area (Å²) in [6.45, 7) is 2.56. The molecule has 1 aromatic carbocycles. The molecule has 0 saturated carbocycles. The number of hydrogen-bond donors (Lipinski definition) is 1. The van der Waals surface area contributed by atoms with Crippen LogP contribution in [-0.4, -0.2) is 16.6 Å². The second-order valence-corrected chi connectivity index (χ2v) is 4.78. The third-order valence-electron chi connectivity index (χ3n) is 3.42. The van der Waals surface area contributed by atoms with Gasteiger partial charge in [0, 0.05) is 17.8 Å². The van der Waals surface area contributed by atoms with Crippen molar-refractivity contribution in [2.75, 3.05) is 6.61 Å². The van der Waals surface area contributed by atoms with Gasteiger partial charge in [0.05, 0.1) is 24.4 Å². The number of benzene rings is 1. The summed E-state index contributed by atoms with van der Waals surface area (Å²) in [7, 11) is 0. The molecule has 0 spiro atoms. The minimum absolute atomic E-state index is 0.259. The smallest absolute Gasteiger partial charge is 0.137 e. The molecule has 106 valence electrons. The first-order valence-corrected chi connectivity index (χ1v) is 6.96. The quantitative estimate of drug-likeness (QED) is 0.797. The molecule has 4 heteroatoms. The van der Waals surface area contributed by atoms with E-state index in [-0.39, 0.29) is 6.04 Å². The Morgan fingerprint density at radius 1 is 1.19 bits per heavy atom. The Bertz CT molecular complexity index is 752. The van der Waals surface area contributed by atoms with E-state index in [0.717, 1.165) is 27.8 Å². The first kappa shape index (κ1) is 13.5. The highest BCUT2D eigenvalue weighted by Crippen LogP contribution is 2.27. The molecule has 21 heavy (non-hydrogen) atoms. The van der Waals surface area contributed by atoms with Crippen LogP contribution in [0.25, 0.3) is 10.9 Å². The molecule has 3 rings (SSSR count). The summed E-state index contributed by atoms with van der Waals surface area (Å²) in [6, 6.07) is 11.6. The number of pyridine rings is 2. The van der Waals surface area contributed by atoms with Crippen LogP contribution in [0.4, 0.5) is 0 Å². The normalized spacial score (nSPS) is 12.3. The average Bonchev–Trinajstić information content (AvgIpc) is 2.54. The number of nitrogens with two attached hydrogens (primary N) is 1. The van der Waals surface area contributed by atoms with E-state index in [2.05, 4.69) is 9.97 Å². The number of aromatic nitrogens is 2. The Morgan fingerprint density at radius 2 is 2.05 bits per heavy atom. The minimum Gasteiger partial charge on any atom is -0.492 e. The van der Waals surface area contributed by atoms with Crippen LogP contribution < -0.4 is 10.5 Å². The zero-order valence-corrected chi connectivity index (χ0v) is 11.9. The highest BCUT2D eigenvalue weighted by molar-refractivity contribution is 5.82. The number of para-hydroxylation sites is 1. The first-order chi connectivity index (χ1) is 10.3. The monoisotopic (exact) mass is 279 g/mol. The molecule has 1 unspecified atom stereocenters. The third-order valence-corrected chi connectivity index (χ3v) is 3.42. The minimum atomic E-state index is -0.259. The zero-order valence-electron chi connectivity index (χ0n) is 11.9. The van der Waals surface area contributed by atoms with Gasteiger partial charge >= 0.3 is 0 Å². The lowest BCUT2D eigenvalue weighted by atomic mass is 9.97. The topological polar surface area (TPSA) is 61.0 Å². The van der Waals surface area contributed by atoms with Crippen LogP contribution in [0.1, 0.15) is 24.1 Å². The SMILES string of the molecule is CCOc1cncc(C(N)c2ccnc3ccccc23)c1. The van der Waals surface area contributed by atoms with Crippen molar-refractivity contribution >= 4 is 10.9 Å². The number of rotatable bonds is 4. The van der Waals surface area contributed by atoms with Gasteiger partial charge in [0.1, 0.15) is 5.75 Å². The summed E-state index contributed by atoms with van der Waals surface area (Å²) in [5.74, 6) is 0.740. The molecule has 0 aliphatic carbocycles. The molecule has 0 radical (unpaired) electrons. The maximum atomic E-state index is 6.42. The van der Waals surface area contributed by atoms with E-state index < -0.39 is 0 Å². The van der Waals surface area contributed by atoms with Crippen LogP contribution in [0.15, 0.2) is 55.0 Å². The van der Waals surface area contributed by atoms with Crippen molar-refractivity contribution in [3.8, 4) is 5.75 Å². The molecule has 2 heterocycles. The van der Waals surface area contributed by atoms with Crippen molar-refractivity contribution in [2.24, 2.45) is 5.73 Å². The van der Waals surface area contributed by atoms with Crippen molar-refractivity contribution in [3.63, 3.8) is 0 Å². The van der Waals surface area contributed by atoms with Gasteiger partial charge in [-0.05, 0) is 36.2 Å². The molecule has 0 aliphatic rings. The van der Waals surface area contributed by atoms with E-state index in [9.17, 15) is 0 Å². The zero-order chi connectivity index (χ0) is 14.7. The molecule has 0 bridgehead atoms. The van der Waals surface area contributed by atoms with Crippen LogP contribution in [0.2, 0.25) is 0 Å². The van der Waals surface area contributed by atoms with Gasteiger partial charge in [-0.2, -0.15) is 0 Å². The fourth-order valence-electron chi connectivity index (χ4n) is 2.42. The van der Waals surface area contributed by atoms with E-state index in [4.69, 9.17) is 10.5 Å². The molecular formula is C17H17N3O. The van der Waals surface area contributed by atoms with Gasteiger partial charge in [0.2, 0.25) is 0 Å². The van der Waals surface area contributed by atoms with Crippen LogP contribution in [0, 0.1) is 0 Å². The van der Waals surface area contributed by atoms with Crippen LogP contribution in [-0.2, 0) is 0 Å². The van der Waals surface area contributed by atoms with Gasteiger partial charge in [0.15, 0.2) is 0 Å². The van der Waals surface area contributed by atoms with Gasteiger partial charge in [-0.1, -0.05) is 18.2 Å². The van der Waals surface area contributed by atoms with Gasteiger partial charge in [0.25, 0.3) is 0 Å². The summed E-state index contributed by atoms with van der Waals surface area (Å²) < 4.78 is 5.49. The van der Waals surface area contributed by atoms with Crippen LogP contribution in [0.5, 0.6) is 5.75 Å². The first-order valence-electron chi connectivity index (χ1n) is 6.96. The van der Waals surface area contributed by atoms with E-state index in [1.54, 1.807) is 18.6 Å². The number of ether oxygens (including phenoxy) is 1. The van der Waals surface area contributed by atoms with Crippen molar-refractivity contribution in [1.82, 2.24) is 9.97 Å². The standard InChI is InChI=1S/C17H17N3O/c1-2-21-13-9-12(10-19-11-13)17(18)15-7-8-20-16-6-4-3-5-14(15)16/h3-11,17H,2,18H2,1H3. The maximum absolute atomic E-state index is 6.42. The Kier molecular flexibility index (Phi) is 3.79. The molecule has 3 aromatic rings. The number of nitrogens with zero attached hydrogens (tertiary/aromatic N) is 2. The van der Waals surface area contributed by atoms with E-state index in [0.29, 0.717) is 6.61 Å². The fourth-order valence-corrected chi connectivity index (χ4v) is 2.42. The van der Waals surface area contributed by atoms with Crippen molar-refractivity contribution in [3.05, 3.63) is 66.1 Å². The summed E-state index contributed by atoms with van der Waals surface area (Å²) in [5.41, 5.74) is 9.33. The third kappa shape index (κ3) is 2.71. The Balaban J connectivity index is 2.04. The highest BCUT2D eigenvalue weighted by atomic mass is 16.5. The molecule has 0 amide bonds. The molecule has 0 aliphatic heterocycles. The number of fused-ring (bicyclic) bond motifs is 1. The second-order valence-electron chi connectivity index (χ2n) is 4.78. The van der Waals surface area contributed by atoms with Crippen LogP contribution >= 0.6 is 0 Å². The van der Waals surface area contributed by atoms with Crippen molar-refractivity contribution in [1.29, 1.82) is 0 Å². The summed E-state index contributed by atoms with van der Waals surface area (Å²) in [6.07, 6.45) is 5.27. The lowest BCUT2D eigenvalue weighted by molar-refractivity contribution is 0.338. The molecule has 2 aromatic heterocycles. The van der Waals surface area contributed by atoms with Gasteiger partial charge in [-0.25, -0.2) is 0 Å². The Labute approximate surface area is 123 Å². The largest absolute Gasteiger partial charge is 0.492 e. The van der Waals surface area contributed by atoms with Gasteiger partial charge in [-0.15, -0.1) is 0 Å². The molecule has 4 nitrogen and oxygen atoms in total. The molecule has 1 atom stereocenters. The summed E-state index contributed by atoms with van der Waals surface area (Å²) in [4.78, 5) is 8.58. The highest BCUT2D eigenvalue weighted by Gasteiger charge is 2.13. The second kappa shape index (κ2) is 5.89. The lowest BCUT2D eigenvalue weighted by Crippen LogP contribution is -2.13. The molecular weight excluding hydrogens is 262 g/mol. The summed E-state index contributed by atoms with van der Waals surface area (Å²) >= 11 is 0. The van der Waals surface area contributed by atoms with Crippen molar-refractivity contribution < 1.29 is 4.74 Å². The lowest BCUT2D eigenvalue weighted by Gasteiger charge is -2.15. The fraction of sp³-hybridized carbons (Fsp3) is 0.176. The summed E-state index contributed by atoms with van der Waals surface area (Å²) in [5, 5.41) is 1.06. The Morgan fingerprint density at radius 3 is 2.90 bits per heavy atom. The Hall–Kier alpha value is -2.46. The molecule has 0 saturated heterocycles. The van der Waals surface area contributed by atoms with E-state index >= 15 is 0 Å². The number of hydrogen-bond acceptors (Lipinski definition) is 4. The predicted molar refractivity (Wildman–Crippen MR) is 83.2 cm³/mol. The van der Waals surface area contributed by atoms with Crippen LogP contribution in [0.3, 0.4) is 0 Å². The predicted octanol–water partition coefficient (Wildman–Crippen LogP) is 3.08. The maximum Gasteiger partial charge on any atom is 0.137 e. The van der Waals surface area contributed by atoms with Crippen molar-refractivity contribution in [2.45, 2.75) is 13.0 Å². The van der Waals surface area contributed by atoms with E-state index in [1.807, 2.05) is 43.3 Å². The molecule has 0 fully saturated rings. The van der Waals surface area contributed by atoms with Gasteiger partial charge in [-0.3, -0.25) is 9.97 Å².